The average molecular weight is 256 g/mol. The van der Waals surface area contributed by atoms with Crippen molar-refractivity contribution in [2.45, 2.75) is 19.2 Å². The van der Waals surface area contributed by atoms with Crippen LogP contribution in [-0.4, -0.2) is 27.9 Å². The summed E-state index contributed by atoms with van der Waals surface area (Å²) in [6.07, 6.45) is -5.48. The van der Waals surface area contributed by atoms with Crippen molar-refractivity contribution in [2.24, 2.45) is 0 Å². The second-order valence-electron chi connectivity index (χ2n) is 3.68. The summed E-state index contributed by atoms with van der Waals surface area (Å²) < 4.78 is 37.2. The summed E-state index contributed by atoms with van der Waals surface area (Å²) in [6.45, 7) is 1.33. The molecule has 6 heteroatoms. The van der Waals surface area contributed by atoms with Crippen molar-refractivity contribution in [3.63, 3.8) is 0 Å². The third kappa shape index (κ3) is 3.55. The van der Waals surface area contributed by atoms with Gasteiger partial charge in [0.05, 0.1) is 0 Å². The summed E-state index contributed by atoms with van der Waals surface area (Å²) in [4.78, 5) is 2.12. The molecule has 0 amide bonds. The average Bonchev–Trinajstić information content (AvgIpc) is 2.29. The first-order valence-electron chi connectivity index (χ1n) is 5.06. The summed E-state index contributed by atoms with van der Waals surface area (Å²) in [5, 5.41) is 9.50. The number of nitrogens with zero attached hydrogens (tertiary/aromatic N) is 2. The molecule has 0 aromatic heterocycles. The number of benzene rings is 1. The molecule has 0 saturated heterocycles. The quantitative estimate of drug-likeness (QED) is 0.504. The minimum absolute atomic E-state index is 0.0336. The molecule has 0 fully saturated rings. The Hall–Kier alpha value is -1.91. The monoisotopic (exact) mass is 256 g/mol. The standard InChI is InChI=1S/C12H11F3N2O/c1-8(7-9-5-3-2-4-6-9)10(18)11(17-16)12(13,14)15/h2-7,10,18H,1H3/b8-7+. The molecule has 0 aliphatic rings. The van der Waals surface area contributed by atoms with Gasteiger partial charge in [0.25, 0.3) is 0 Å². The normalized spacial score (nSPS) is 13.9. The topological polar surface area (TPSA) is 56.6 Å². The maximum atomic E-state index is 12.4. The molecule has 1 unspecified atom stereocenters. The van der Waals surface area contributed by atoms with Gasteiger partial charge < -0.3 is 10.6 Å². The van der Waals surface area contributed by atoms with Crippen LogP contribution < -0.4 is 0 Å². The lowest BCUT2D eigenvalue weighted by Gasteiger charge is -2.09. The van der Waals surface area contributed by atoms with Crippen LogP contribution in [0.3, 0.4) is 0 Å². The second-order valence-corrected chi connectivity index (χ2v) is 3.68. The van der Waals surface area contributed by atoms with Crippen molar-refractivity contribution >= 4 is 11.8 Å². The van der Waals surface area contributed by atoms with Gasteiger partial charge in [-0.2, -0.15) is 18.0 Å². The molecule has 96 valence electrons. The van der Waals surface area contributed by atoms with Crippen molar-refractivity contribution in [2.75, 3.05) is 0 Å². The first-order chi connectivity index (χ1) is 8.36. The van der Waals surface area contributed by atoms with E-state index in [9.17, 15) is 18.3 Å². The molecule has 1 atom stereocenters. The van der Waals surface area contributed by atoms with Gasteiger partial charge in [0.1, 0.15) is 0 Å². The predicted octanol–water partition coefficient (Wildman–Crippen LogP) is 2.68. The highest BCUT2D eigenvalue weighted by Crippen LogP contribution is 2.21. The summed E-state index contributed by atoms with van der Waals surface area (Å²) in [6, 6.07) is 8.56. The van der Waals surface area contributed by atoms with Crippen LogP contribution in [0.15, 0.2) is 35.9 Å². The molecule has 0 aliphatic carbocycles. The highest BCUT2D eigenvalue weighted by molar-refractivity contribution is 5.92. The van der Waals surface area contributed by atoms with Gasteiger partial charge in [0.15, 0.2) is 6.10 Å². The number of aliphatic hydroxyl groups excluding tert-OH is 1. The van der Waals surface area contributed by atoms with Crippen molar-refractivity contribution in [1.82, 2.24) is 0 Å². The summed E-state index contributed by atoms with van der Waals surface area (Å²) in [7, 11) is 0. The summed E-state index contributed by atoms with van der Waals surface area (Å²) >= 11 is 0. The molecule has 0 aliphatic heterocycles. The molecule has 0 saturated carbocycles. The summed E-state index contributed by atoms with van der Waals surface area (Å²) in [5.41, 5.74) is 7.38. The zero-order chi connectivity index (χ0) is 13.8. The Bertz CT molecular complexity index is 488. The van der Waals surface area contributed by atoms with E-state index in [1.54, 1.807) is 30.3 Å². The third-order valence-electron chi connectivity index (χ3n) is 2.28. The minimum Gasteiger partial charge on any atom is -0.377 e. The van der Waals surface area contributed by atoms with Gasteiger partial charge in [-0.1, -0.05) is 36.4 Å². The van der Waals surface area contributed by atoms with Crippen molar-refractivity contribution in [3.05, 3.63) is 47.0 Å². The maximum Gasteiger partial charge on any atom is 0.493 e. The maximum absolute atomic E-state index is 12.4. The van der Waals surface area contributed by atoms with E-state index in [2.05, 4.69) is 4.79 Å². The van der Waals surface area contributed by atoms with Crippen molar-refractivity contribution < 1.29 is 23.1 Å². The molecule has 0 spiro atoms. The lowest BCUT2D eigenvalue weighted by molar-refractivity contribution is -0.123. The van der Waals surface area contributed by atoms with Gasteiger partial charge in [-0.15, -0.1) is 0 Å². The summed E-state index contributed by atoms with van der Waals surface area (Å²) in [5.74, 6) is 0. The molecule has 1 aromatic carbocycles. The van der Waals surface area contributed by atoms with Crippen LogP contribution in [0.4, 0.5) is 13.2 Å². The first-order valence-corrected chi connectivity index (χ1v) is 5.06. The van der Waals surface area contributed by atoms with E-state index >= 15 is 0 Å². The lowest BCUT2D eigenvalue weighted by atomic mass is 10.0. The Labute approximate surface area is 102 Å². The van der Waals surface area contributed by atoms with Gasteiger partial charge in [-0.05, 0) is 18.1 Å². The van der Waals surface area contributed by atoms with E-state index in [0.717, 1.165) is 0 Å². The molecule has 1 rings (SSSR count). The molecule has 18 heavy (non-hydrogen) atoms. The molecular formula is C12H11F3N2O. The third-order valence-corrected chi connectivity index (χ3v) is 2.28. The highest BCUT2D eigenvalue weighted by Gasteiger charge is 2.49. The molecule has 0 radical (unpaired) electrons. The highest BCUT2D eigenvalue weighted by atomic mass is 19.4. The van der Waals surface area contributed by atoms with E-state index in [1.807, 2.05) is 0 Å². The number of aliphatic hydroxyl groups is 1. The zero-order valence-electron chi connectivity index (χ0n) is 9.52. The van der Waals surface area contributed by atoms with E-state index in [4.69, 9.17) is 5.53 Å². The Morgan fingerprint density at radius 2 is 1.89 bits per heavy atom. The number of rotatable bonds is 3. The first kappa shape index (κ1) is 14.2. The largest absolute Gasteiger partial charge is 0.493 e. The van der Waals surface area contributed by atoms with Gasteiger partial charge in [-0.3, -0.25) is 0 Å². The molecule has 3 nitrogen and oxygen atoms in total. The Morgan fingerprint density at radius 1 is 1.33 bits per heavy atom. The fraction of sp³-hybridized carbons (Fsp3) is 0.250. The minimum atomic E-state index is -4.88. The van der Waals surface area contributed by atoms with Crippen LogP contribution in [0.2, 0.25) is 0 Å². The van der Waals surface area contributed by atoms with Crippen molar-refractivity contribution in [3.8, 4) is 0 Å². The van der Waals surface area contributed by atoms with Gasteiger partial charge in [-0.25, -0.2) is 0 Å². The molecule has 1 N–H and O–H groups in total. The van der Waals surface area contributed by atoms with E-state index in [0.29, 0.717) is 5.56 Å². The van der Waals surface area contributed by atoms with Crippen LogP contribution in [0.25, 0.3) is 11.6 Å². The Balaban J connectivity index is 3.01. The van der Waals surface area contributed by atoms with Crippen LogP contribution in [0.1, 0.15) is 12.5 Å². The number of halogens is 3. The molecule has 0 heterocycles. The van der Waals surface area contributed by atoms with Crippen molar-refractivity contribution in [1.29, 1.82) is 0 Å². The Morgan fingerprint density at radius 3 is 2.33 bits per heavy atom. The molecular weight excluding hydrogens is 245 g/mol. The van der Waals surface area contributed by atoms with Gasteiger partial charge in [0.2, 0.25) is 0 Å². The molecule has 0 bridgehead atoms. The van der Waals surface area contributed by atoms with Crippen LogP contribution in [0, 0.1) is 0 Å². The molecule has 1 aromatic rings. The SMILES string of the molecule is C/C(=C\c1ccccc1)C(O)C(=[N+]=[N-])C(F)(F)F. The lowest BCUT2D eigenvalue weighted by Crippen LogP contribution is -2.36. The number of hydrogen-bond donors (Lipinski definition) is 1. The zero-order valence-corrected chi connectivity index (χ0v) is 9.52. The van der Waals surface area contributed by atoms with Crippen LogP contribution in [-0.2, 0) is 0 Å². The van der Waals surface area contributed by atoms with Crippen LogP contribution in [0.5, 0.6) is 0 Å². The van der Waals surface area contributed by atoms with E-state index in [1.165, 1.54) is 13.0 Å². The second kappa shape index (κ2) is 5.62. The number of hydrogen-bond acceptors (Lipinski definition) is 1. The van der Waals surface area contributed by atoms with E-state index in [-0.39, 0.29) is 5.57 Å². The van der Waals surface area contributed by atoms with Gasteiger partial charge in [0, 0.05) is 0 Å². The number of alkyl halides is 3. The Kier molecular flexibility index (Phi) is 4.42. The smallest absolute Gasteiger partial charge is 0.377 e. The fourth-order valence-electron chi connectivity index (χ4n) is 1.37. The van der Waals surface area contributed by atoms with E-state index < -0.39 is 18.0 Å². The predicted molar refractivity (Wildman–Crippen MR) is 60.8 cm³/mol. The van der Waals surface area contributed by atoms with Crippen LogP contribution >= 0.6 is 0 Å². The van der Waals surface area contributed by atoms with Gasteiger partial charge >= 0.3 is 11.9 Å². The fourth-order valence-corrected chi connectivity index (χ4v) is 1.37.